The highest BCUT2D eigenvalue weighted by Crippen LogP contribution is 2.42. The van der Waals surface area contributed by atoms with E-state index in [4.69, 9.17) is 0 Å². The SMILES string of the molecule is CC(C)(C)c1csc(C2CC2)n1. The molecule has 2 heteroatoms. The van der Waals surface area contributed by atoms with Crippen molar-refractivity contribution < 1.29 is 0 Å². The second-order valence-electron chi connectivity index (χ2n) is 4.60. The molecule has 1 fully saturated rings. The standard InChI is InChI=1S/C10H15NS/c1-10(2,3)8-6-12-9(11-8)7-4-5-7/h6-7H,4-5H2,1-3H3. The molecule has 1 saturated carbocycles. The van der Waals surface area contributed by atoms with Gasteiger partial charge in [0, 0.05) is 16.7 Å². The van der Waals surface area contributed by atoms with E-state index in [9.17, 15) is 0 Å². The van der Waals surface area contributed by atoms with Crippen LogP contribution in [-0.2, 0) is 5.41 Å². The van der Waals surface area contributed by atoms with Crippen molar-refractivity contribution in [2.75, 3.05) is 0 Å². The van der Waals surface area contributed by atoms with Gasteiger partial charge in [-0.15, -0.1) is 11.3 Å². The van der Waals surface area contributed by atoms with Crippen molar-refractivity contribution >= 4 is 11.3 Å². The van der Waals surface area contributed by atoms with Gasteiger partial charge in [0.25, 0.3) is 0 Å². The van der Waals surface area contributed by atoms with E-state index >= 15 is 0 Å². The first-order valence-corrected chi connectivity index (χ1v) is 5.41. The zero-order valence-corrected chi connectivity index (χ0v) is 8.74. The van der Waals surface area contributed by atoms with Gasteiger partial charge in [0.1, 0.15) is 0 Å². The normalized spacial score (nSPS) is 18.2. The minimum absolute atomic E-state index is 0.226. The smallest absolute Gasteiger partial charge is 0.0959 e. The highest BCUT2D eigenvalue weighted by Gasteiger charge is 2.28. The number of rotatable bonds is 1. The van der Waals surface area contributed by atoms with E-state index in [0.717, 1.165) is 5.92 Å². The Morgan fingerprint density at radius 3 is 2.50 bits per heavy atom. The first-order chi connectivity index (χ1) is 5.57. The lowest BCUT2D eigenvalue weighted by Crippen LogP contribution is -2.11. The van der Waals surface area contributed by atoms with Gasteiger partial charge in [-0.25, -0.2) is 4.98 Å². The third kappa shape index (κ3) is 1.53. The van der Waals surface area contributed by atoms with Crippen LogP contribution < -0.4 is 0 Å². The van der Waals surface area contributed by atoms with E-state index < -0.39 is 0 Å². The van der Waals surface area contributed by atoms with Gasteiger partial charge in [0.15, 0.2) is 0 Å². The lowest BCUT2D eigenvalue weighted by Gasteiger charge is -2.14. The average molecular weight is 181 g/mol. The van der Waals surface area contributed by atoms with Gasteiger partial charge >= 0.3 is 0 Å². The topological polar surface area (TPSA) is 12.9 Å². The summed E-state index contributed by atoms with van der Waals surface area (Å²) in [6.45, 7) is 6.66. The number of hydrogen-bond donors (Lipinski definition) is 0. The van der Waals surface area contributed by atoms with E-state index in [0.29, 0.717) is 0 Å². The second-order valence-corrected chi connectivity index (χ2v) is 5.48. The van der Waals surface area contributed by atoms with Crippen molar-refractivity contribution in [1.82, 2.24) is 4.98 Å². The molecule has 1 aromatic rings. The summed E-state index contributed by atoms with van der Waals surface area (Å²) in [7, 11) is 0. The molecule has 1 aromatic heterocycles. The van der Waals surface area contributed by atoms with Crippen LogP contribution in [-0.4, -0.2) is 4.98 Å². The molecule has 1 nitrogen and oxygen atoms in total. The third-order valence-electron chi connectivity index (χ3n) is 2.22. The maximum atomic E-state index is 4.66. The fourth-order valence-corrected chi connectivity index (χ4v) is 2.37. The first kappa shape index (κ1) is 8.24. The van der Waals surface area contributed by atoms with Crippen LogP contribution in [0.25, 0.3) is 0 Å². The van der Waals surface area contributed by atoms with Crippen LogP contribution in [0.5, 0.6) is 0 Å². The monoisotopic (exact) mass is 181 g/mol. The Balaban J connectivity index is 2.23. The summed E-state index contributed by atoms with van der Waals surface area (Å²) in [4.78, 5) is 4.66. The summed E-state index contributed by atoms with van der Waals surface area (Å²) in [5.41, 5.74) is 1.48. The fraction of sp³-hybridized carbons (Fsp3) is 0.700. The Bertz CT molecular complexity index is 278. The summed E-state index contributed by atoms with van der Waals surface area (Å²) in [6.07, 6.45) is 2.72. The molecule has 0 aliphatic heterocycles. The van der Waals surface area contributed by atoms with Gasteiger partial charge in [0.05, 0.1) is 10.7 Å². The predicted molar refractivity (Wildman–Crippen MR) is 52.8 cm³/mol. The first-order valence-electron chi connectivity index (χ1n) is 4.53. The number of hydrogen-bond acceptors (Lipinski definition) is 2. The van der Waals surface area contributed by atoms with E-state index in [-0.39, 0.29) is 5.41 Å². The number of nitrogens with zero attached hydrogens (tertiary/aromatic N) is 1. The summed E-state index contributed by atoms with van der Waals surface area (Å²) in [5.74, 6) is 0.811. The van der Waals surface area contributed by atoms with Crippen LogP contribution >= 0.6 is 11.3 Å². The van der Waals surface area contributed by atoms with Crippen LogP contribution in [0.4, 0.5) is 0 Å². The maximum Gasteiger partial charge on any atom is 0.0959 e. The van der Waals surface area contributed by atoms with Gasteiger partial charge in [-0.3, -0.25) is 0 Å². The molecule has 0 aromatic carbocycles. The summed E-state index contributed by atoms with van der Waals surface area (Å²) >= 11 is 1.84. The number of thiazole rings is 1. The quantitative estimate of drug-likeness (QED) is 0.647. The minimum atomic E-state index is 0.226. The van der Waals surface area contributed by atoms with Crippen LogP contribution in [0.15, 0.2) is 5.38 Å². The summed E-state index contributed by atoms with van der Waals surface area (Å²) in [5, 5.41) is 3.58. The molecule has 0 unspecified atom stereocenters. The molecular weight excluding hydrogens is 166 g/mol. The zero-order valence-electron chi connectivity index (χ0n) is 7.92. The van der Waals surface area contributed by atoms with Crippen molar-refractivity contribution in [2.45, 2.75) is 44.9 Å². The molecule has 0 radical (unpaired) electrons. The van der Waals surface area contributed by atoms with Crippen molar-refractivity contribution in [1.29, 1.82) is 0 Å². The molecule has 1 heterocycles. The summed E-state index contributed by atoms with van der Waals surface area (Å²) in [6, 6.07) is 0. The lowest BCUT2D eigenvalue weighted by molar-refractivity contribution is 0.571. The van der Waals surface area contributed by atoms with E-state index in [1.807, 2.05) is 11.3 Å². The molecule has 0 saturated heterocycles. The van der Waals surface area contributed by atoms with E-state index in [2.05, 4.69) is 31.1 Å². The van der Waals surface area contributed by atoms with Gasteiger partial charge in [-0.05, 0) is 12.8 Å². The number of aromatic nitrogens is 1. The van der Waals surface area contributed by atoms with Crippen molar-refractivity contribution in [3.63, 3.8) is 0 Å². The highest BCUT2D eigenvalue weighted by atomic mass is 32.1. The van der Waals surface area contributed by atoms with Crippen LogP contribution in [0, 0.1) is 0 Å². The van der Waals surface area contributed by atoms with Crippen LogP contribution in [0.1, 0.15) is 50.2 Å². The van der Waals surface area contributed by atoms with Crippen molar-refractivity contribution in [3.8, 4) is 0 Å². The third-order valence-corrected chi connectivity index (χ3v) is 3.22. The molecule has 12 heavy (non-hydrogen) atoms. The fourth-order valence-electron chi connectivity index (χ4n) is 1.15. The van der Waals surface area contributed by atoms with Crippen molar-refractivity contribution in [2.24, 2.45) is 0 Å². The largest absolute Gasteiger partial charge is 0.245 e. The molecular formula is C10H15NS. The molecule has 0 spiro atoms. The second kappa shape index (κ2) is 2.56. The van der Waals surface area contributed by atoms with Gasteiger partial charge < -0.3 is 0 Å². The Labute approximate surface area is 77.8 Å². The Morgan fingerprint density at radius 1 is 1.42 bits per heavy atom. The lowest BCUT2D eigenvalue weighted by atomic mass is 9.93. The minimum Gasteiger partial charge on any atom is -0.245 e. The highest BCUT2D eigenvalue weighted by molar-refractivity contribution is 7.09. The van der Waals surface area contributed by atoms with E-state index in [1.54, 1.807) is 0 Å². The molecule has 1 aliphatic rings. The molecule has 0 N–H and O–H groups in total. The Hall–Kier alpha value is -0.370. The van der Waals surface area contributed by atoms with Gasteiger partial charge in [-0.1, -0.05) is 20.8 Å². The molecule has 2 rings (SSSR count). The predicted octanol–water partition coefficient (Wildman–Crippen LogP) is 3.32. The van der Waals surface area contributed by atoms with Crippen LogP contribution in [0.2, 0.25) is 0 Å². The molecule has 66 valence electrons. The van der Waals surface area contributed by atoms with Gasteiger partial charge in [-0.2, -0.15) is 0 Å². The zero-order chi connectivity index (χ0) is 8.77. The molecule has 1 aliphatic carbocycles. The Kier molecular flexibility index (Phi) is 1.76. The molecule has 0 bridgehead atoms. The average Bonchev–Trinajstić information content (AvgIpc) is 2.66. The molecule has 0 amide bonds. The Morgan fingerprint density at radius 2 is 2.08 bits per heavy atom. The maximum absolute atomic E-state index is 4.66. The molecule has 0 atom stereocenters. The van der Waals surface area contributed by atoms with Gasteiger partial charge in [0.2, 0.25) is 0 Å². The van der Waals surface area contributed by atoms with Crippen molar-refractivity contribution in [3.05, 3.63) is 16.1 Å². The summed E-state index contributed by atoms with van der Waals surface area (Å²) < 4.78 is 0. The van der Waals surface area contributed by atoms with Crippen LogP contribution in [0.3, 0.4) is 0 Å². The van der Waals surface area contributed by atoms with E-state index in [1.165, 1.54) is 23.5 Å².